The van der Waals surface area contributed by atoms with Crippen LogP contribution in [-0.4, -0.2) is 35.7 Å². The summed E-state index contributed by atoms with van der Waals surface area (Å²) in [6, 6.07) is 10.7. The van der Waals surface area contributed by atoms with Crippen LogP contribution in [-0.2, 0) is 16.0 Å². The lowest BCUT2D eigenvalue weighted by Crippen LogP contribution is -2.43. The third-order valence-corrected chi connectivity index (χ3v) is 4.50. The average Bonchev–Trinajstić information content (AvgIpc) is 3.05. The second-order valence-electron chi connectivity index (χ2n) is 6.17. The highest BCUT2D eigenvalue weighted by Gasteiger charge is 2.28. The highest BCUT2D eigenvalue weighted by molar-refractivity contribution is 5.86. The molecule has 134 valence electrons. The Labute approximate surface area is 148 Å². The Morgan fingerprint density at radius 1 is 1.23 bits per heavy atom. The lowest BCUT2D eigenvalue weighted by atomic mass is 10.1. The van der Waals surface area contributed by atoms with Gasteiger partial charge in [-0.05, 0) is 18.2 Å². The summed E-state index contributed by atoms with van der Waals surface area (Å²) in [5.74, 6) is -1.46. The largest absolute Gasteiger partial charge is 0.370 e. The topological polar surface area (TPSA) is 55.6 Å². The van der Waals surface area contributed by atoms with Crippen molar-refractivity contribution in [3.63, 3.8) is 0 Å². The van der Waals surface area contributed by atoms with Gasteiger partial charge in [-0.2, -0.15) is 0 Å². The van der Waals surface area contributed by atoms with Gasteiger partial charge in [0, 0.05) is 23.6 Å². The SMILES string of the molecule is O=C(Cc1noc2ccccc12)N1CCOC(c2ccc(F)cc2F)C1. The number of hydrogen-bond acceptors (Lipinski definition) is 4. The van der Waals surface area contributed by atoms with Gasteiger partial charge in [-0.25, -0.2) is 8.78 Å². The molecule has 1 amide bonds. The molecule has 1 saturated heterocycles. The molecule has 2 aromatic carbocycles. The average molecular weight is 358 g/mol. The van der Waals surface area contributed by atoms with Crippen LogP contribution in [0.2, 0.25) is 0 Å². The van der Waals surface area contributed by atoms with Gasteiger partial charge in [-0.1, -0.05) is 23.4 Å². The minimum Gasteiger partial charge on any atom is -0.370 e. The standard InChI is InChI=1S/C19H16F2N2O3/c20-12-5-6-13(15(21)9-12)18-11-23(7-8-25-18)19(24)10-16-14-3-1-2-4-17(14)26-22-16/h1-6,9,18H,7-8,10-11H2. The van der Waals surface area contributed by atoms with Crippen LogP contribution in [0, 0.1) is 11.6 Å². The fraction of sp³-hybridized carbons (Fsp3) is 0.263. The summed E-state index contributed by atoms with van der Waals surface area (Å²) in [4.78, 5) is 14.3. The fourth-order valence-corrected chi connectivity index (χ4v) is 3.15. The molecule has 1 aliphatic heterocycles. The predicted octanol–water partition coefficient (Wildman–Crippen LogP) is 3.25. The molecular formula is C19H16F2N2O3. The molecule has 1 atom stereocenters. The van der Waals surface area contributed by atoms with Crippen molar-refractivity contribution in [2.24, 2.45) is 0 Å². The maximum atomic E-state index is 14.0. The van der Waals surface area contributed by atoms with E-state index in [0.717, 1.165) is 11.5 Å². The van der Waals surface area contributed by atoms with E-state index >= 15 is 0 Å². The first-order valence-corrected chi connectivity index (χ1v) is 8.29. The Hall–Kier alpha value is -2.80. The quantitative estimate of drug-likeness (QED) is 0.721. The van der Waals surface area contributed by atoms with Crippen LogP contribution in [0.4, 0.5) is 8.78 Å². The summed E-state index contributed by atoms with van der Waals surface area (Å²) in [6.07, 6.45) is -0.530. The van der Waals surface area contributed by atoms with Gasteiger partial charge < -0.3 is 14.2 Å². The molecule has 0 saturated carbocycles. The first kappa shape index (κ1) is 16.7. The molecule has 1 aliphatic rings. The minimum atomic E-state index is -0.674. The van der Waals surface area contributed by atoms with Crippen molar-refractivity contribution in [2.45, 2.75) is 12.5 Å². The van der Waals surface area contributed by atoms with Crippen molar-refractivity contribution >= 4 is 16.9 Å². The number of halogens is 2. The Bertz CT molecular complexity index is 957. The highest BCUT2D eigenvalue weighted by atomic mass is 19.1. The van der Waals surface area contributed by atoms with Crippen molar-refractivity contribution in [1.82, 2.24) is 10.1 Å². The Kier molecular flexibility index (Phi) is 4.38. The van der Waals surface area contributed by atoms with Crippen molar-refractivity contribution in [3.8, 4) is 0 Å². The van der Waals surface area contributed by atoms with Crippen LogP contribution in [0.25, 0.3) is 11.0 Å². The van der Waals surface area contributed by atoms with Crippen LogP contribution in [0.5, 0.6) is 0 Å². The summed E-state index contributed by atoms with van der Waals surface area (Å²) < 4.78 is 37.9. The number of carbonyl (C=O) groups excluding carboxylic acids is 1. The predicted molar refractivity (Wildman–Crippen MR) is 89.3 cm³/mol. The van der Waals surface area contributed by atoms with Gasteiger partial charge in [-0.15, -0.1) is 0 Å². The van der Waals surface area contributed by atoms with Crippen molar-refractivity contribution in [1.29, 1.82) is 0 Å². The van der Waals surface area contributed by atoms with Crippen LogP contribution >= 0.6 is 0 Å². The molecule has 5 nitrogen and oxygen atoms in total. The fourth-order valence-electron chi connectivity index (χ4n) is 3.15. The summed E-state index contributed by atoms with van der Waals surface area (Å²) in [5.41, 5.74) is 1.45. The van der Waals surface area contributed by atoms with Crippen LogP contribution < -0.4 is 0 Å². The van der Waals surface area contributed by atoms with Crippen molar-refractivity contribution in [2.75, 3.05) is 19.7 Å². The molecule has 26 heavy (non-hydrogen) atoms. The van der Waals surface area contributed by atoms with Gasteiger partial charge in [0.25, 0.3) is 0 Å². The number of carbonyl (C=O) groups is 1. The Morgan fingerprint density at radius 3 is 2.92 bits per heavy atom. The first-order valence-electron chi connectivity index (χ1n) is 8.29. The van der Waals surface area contributed by atoms with E-state index in [-0.39, 0.29) is 31.0 Å². The number of hydrogen-bond donors (Lipinski definition) is 0. The molecule has 1 aromatic heterocycles. The number of rotatable bonds is 3. The number of morpholine rings is 1. The zero-order valence-corrected chi connectivity index (χ0v) is 13.8. The highest BCUT2D eigenvalue weighted by Crippen LogP contribution is 2.26. The zero-order valence-electron chi connectivity index (χ0n) is 13.8. The molecule has 1 unspecified atom stereocenters. The summed E-state index contributed by atoms with van der Waals surface area (Å²) in [7, 11) is 0. The van der Waals surface area contributed by atoms with Gasteiger partial charge in [0.2, 0.25) is 5.91 Å². The normalized spacial score (nSPS) is 17.6. The van der Waals surface area contributed by atoms with E-state index in [2.05, 4.69) is 5.16 Å². The lowest BCUT2D eigenvalue weighted by molar-refractivity contribution is -0.138. The summed E-state index contributed by atoms with van der Waals surface area (Å²) in [5, 5.41) is 4.78. The molecule has 0 bridgehead atoms. The van der Waals surface area contributed by atoms with Crippen LogP contribution in [0.3, 0.4) is 0 Å². The van der Waals surface area contributed by atoms with Gasteiger partial charge in [-0.3, -0.25) is 4.79 Å². The maximum absolute atomic E-state index is 14.0. The molecule has 0 spiro atoms. The van der Waals surface area contributed by atoms with Crippen LogP contribution in [0.1, 0.15) is 17.4 Å². The smallest absolute Gasteiger partial charge is 0.228 e. The van der Waals surface area contributed by atoms with E-state index in [9.17, 15) is 13.6 Å². The summed E-state index contributed by atoms with van der Waals surface area (Å²) >= 11 is 0. The number of para-hydroxylation sites is 1. The number of benzene rings is 2. The summed E-state index contributed by atoms with van der Waals surface area (Å²) in [6.45, 7) is 0.901. The second-order valence-corrected chi connectivity index (χ2v) is 6.17. The third kappa shape index (κ3) is 3.17. The molecule has 3 aromatic rings. The van der Waals surface area contributed by atoms with E-state index in [1.165, 1.54) is 12.1 Å². The maximum Gasteiger partial charge on any atom is 0.228 e. The van der Waals surface area contributed by atoms with Gasteiger partial charge in [0.05, 0.1) is 19.6 Å². The monoisotopic (exact) mass is 358 g/mol. The molecule has 4 rings (SSSR count). The zero-order chi connectivity index (χ0) is 18.1. The minimum absolute atomic E-state index is 0.0929. The number of aromatic nitrogens is 1. The first-order chi connectivity index (χ1) is 12.6. The number of nitrogens with zero attached hydrogens (tertiary/aromatic N) is 2. The molecule has 0 radical (unpaired) electrons. The molecule has 2 heterocycles. The Balaban J connectivity index is 1.49. The van der Waals surface area contributed by atoms with E-state index in [0.29, 0.717) is 17.8 Å². The molecule has 7 heteroatoms. The number of fused-ring (bicyclic) bond motifs is 1. The molecule has 0 aliphatic carbocycles. The van der Waals surface area contributed by atoms with Crippen molar-refractivity contribution in [3.05, 3.63) is 65.4 Å². The molecular weight excluding hydrogens is 342 g/mol. The number of ether oxygens (including phenoxy) is 1. The third-order valence-electron chi connectivity index (χ3n) is 4.50. The second kappa shape index (κ2) is 6.84. The van der Waals surface area contributed by atoms with E-state index < -0.39 is 17.7 Å². The van der Waals surface area contributed by atoms with Crippen LogP contribution in [0.15, 0.2) is 47.0 Å². The van der Waals surface area contributed by atoms with Gasteiger partial charge in [0.15, 0.2) is 5.58 Å². The van der Waals surface area contributed by atoms with Crippen molar-refractivity contribution < 1.29 is 22.8 Å². The lowest BCUT2D eigenvalue weighted by Gasteiger charge is -2.33. The number of amides is 1. The molecule has 0 N–H and O–H groups in total. The van der Waals surface area contributed by atoms with E-state index in [1.54, 1.807) is 11.0 Å². The Morgan fingerprint density at radius 2 is 2.08 bits per heavy atom. The van der Waals surface area contributed by atoms with Gasteiger partial charge >= 0.3 is 0 Å². The molecule has 1 fully saturated rings. The van der Waals surface area contributed by atoms with E-state index in [4.69, 9.17) is 9.26 Å². The van der Waals surface area contributed by atoms with Gasteiger partial charge in [0.1, 0.15) is 23.4 Å². The van der Waals surface area contributed by atoms with E-state index in [1.807, 2.05) is 18.2 Å².